The second kappa shape index (κ2) is 7.44. The molecule has 1 heterocycles. The number of carbonyl (C=O) groups excluding carboxylic acids is 2. The summed E-state index contributed by atoms with van der Waals surface area (Å²) < 4.78 is 29.6. The van der Waals surface area contributed by atoms with Gasteiger partial charge in [-0.05, 0) is 43.2 Å². The van der Waals surface area contributed by atoms with Crippen molar-refractivity contribution in [2.75, 3.05) is 26.2 Å². The summed E-state index contributed by atoms with van der Waals surface area (Å²) in [7, 11) is 0. The lowest BCUT2D eigenvalue weighted by molar-refractivity contribution is -0.138. The molecule has 3 aliphatic rings. The van der Waals surface area contributed by atoms with Crippen LogP contribution in [-0.2, 0) is 4.79 Å². The molecule has 1 aromatic carbocycles. The lowest BCUT2D eigenvalue weighted by Crippen LogP contribution is -2.52. The molecular formula is C20H24F2N2O3. The molecule has 146 valence electrons. The maximum atomic E-state index is 12.8. The number of rotatable bonds is 4. The van der Waals surface area contributed by atoms with Gasteiger partial charge in [-0.3, -0.25) is 9.59 Å². The number of ether oxygens (including phenoxy) is 1. The summed E-state index contributed by atoms with van der Waals surface area (Å²) in [6, 6.07) is 6.04. The zero-order valence-electron chi connectivity index (χ0n) is 15.2. The van der Waals surface area contributed by atoms with Crippen LogP contribution in [0.15, 0.2) is 24.3 Å². The van der Waals surface area contributed by atoms with Crippen molar-refractivity contribution in [3.8, 4) is 5.75 Å². The zero-order valence-corrected chi connectivity index (χ0v) is 15.2. The van der Waals surface area contributed by atoms with E-state index in [2.05, 4.69) is 4.74 Å². The monoisotopic (exact) mass is 378 g/mol. The third-order valence-corrected chi connectivity index (χ3v) is 6.27. The predicted octanol–water partition coefficient (Wildman–Crippen LogP) is 3.01. The number of hydrogen-bond acceptors (Lipinski definition) is 3. The van der Waals surface area contributed by atoms with Crippen LogP contribution in [0.4, 0.5) is 8.78 Å². The number of nitrogens with zero attached hydrogens (tertiary/aromatic N) is 2. The number of benzene rings is 1. The van der Waals surface area contributed by atoms with Crippen molar-refractivity contribution < 1.29 is 23.1 Å². The average molecular weight is 378 g/mol. The maximum absolute atomic E-state index is 12.8. The minimum absolute atomic E-state index is 0.113. The summed E-state index contributed by atoms with van der Waals surface area (Å²) in [5.41, 5.74) is 0.130. The Balaban J connectivity index is 1.37. The fourth-order valence-corrected chi connectivity index (χ4v) is 4.92. The number of carbonyl (C=O) groups is 2. The molecule has 1 saturated heterocycles. The molecule has 0 N–H and O–H groups in total. The smallest absolute Gasteiger partial charge is 0.387 e. The van der Waals surface area contributed by atoms with Crippen LogP contribution < -0.4 is 4.74 Å². The van der Waals surface area contributed by atoms with Crippen molar-refractivity contribution in [2.24, 2.45) is 17.8 Å². The summed E-state index contributed by atoms with van der Waals surface area (Å²) in [6.45, 7) is -1.16. The molecule has 3 fully saturated rings. The molecule has 2 saturated carbocycles. The van der Waals surface area contributed by atoms with E-state index in [0.29, 0.717) is 32.1 Å². The summed E-state index contributed by atoms with van der Waals surface area (Å²) in [6.07, 6.45) is 4.63. The van der Waals surface area contributed by atoms with Crippen LogP contribution in [0.25, 0.3) is 0 Å². The molecular weight excluding hydrogens is 354 g/mol. The van der Waals surface area contributed by atoms with Crippen molar-refractivity contribution in [2.45, 2.75) is 32.3 Å². The lowest BCUT2D eigenvalue weighted by Gasteiger charge is -2.37. The Labute approximate surface area is 157 Å². The molecule has 7 heteroatoms. The van der Waals surface area contributed by atoms with Gasteiger partial charge in [0.15, 0.2) is 0 Å². The Morgan fingerprint density at radius 1 is 1.00 bits per heavy atom. The van der Waals surface area contributed by atoms with Gasteiger partial charge >= 0.3 is 6.61 Å². The summed E-state index contributed by atoms with van der Waals surface area (Å²) in [5.74, 6) is 1.21. The van der Waals surface area contributed by atoms with Gasteiger partial charge in [-0.25, -0.2) is 0 Å². The standard InChI is InChI=1S/C20H24F2N2O3/c21-20(22)27-17-4-2-1-3-15(17)18(25)23-7-9-24(10-8-23)19(26)16-12-13-5-6-14(16)11-13/h1-4,13-14,16,20H,5-12H2/t13-,14+,16+/m0/s1. The van der Waals surface area contributed by atoms with Gasteiger partial charge in [0.1, 0.15) is 5.75 Å². The van der Waals surface area contributed by atoms with E-state index in [9.17, 15) is 18.4 Å². The third kappa shape index (κ3) is 3.64. The highest BCUT2D eigenvalue weighted by Gasteiger charge is 2.44. The molecule has 0 aromatic heterocycles. The first kappa shape index (κ1) is 18.2. The number of para-hydroxylation sites is 1. The number of alkyl halides is 2. The van der Waals surface area contributed by atoms with E-state index in [1.54, 1.807) is 17.0 Å². The van der Waals surface area contributed by atoms with E-state index in [4.69, 9.17) is 0 Å². The first-order valence-corrected chi connectivity index (χ1v) is 9.65. The van der Waals surface area contributed by atoms with Gasteiger partial charge in [-0.2, -0.15) is 8.78 Å². The van der Waals surface area contributed by atoms with Crippen LogP contribution in [0.5, 0.6) is 5.75 Å². The fourth-order valence-electron chi connectivity index (χ4n) is 4.92. The van der Waals surface area contributed by atoms with Crippen molar-refractivity contribution in [3.05, 3.63) is 29.8 Å². The molecule has 0 spiro atoms. The molecule has 3 atom stereocenters. The van der Waals surface area contributed by atoms with E-state index < -0.39 is 6.61 Å². The van der Waals surface area contributed by atoms with Crippen molar-refractivity contribution in [1.29, 1.82) is 0 Å². The SMILES string of the molecule is O=C(c1ccccc1OC(F)F)N1CCN(C(=O)[C@@H]2C[C@H]3CC[C@@H]2C3)CC1. The molecule has 1 aromatic rings. The van der Waals surface area contributed by atoms with Crippen molar-refractivity contribution >= 4 is 11.8 Å². The molecule has 4 rings (SSSR count). The quantitative estimate of drug-likeness (QED) is 0.809. The number of amides is 2. The van der Waals surface area contributed by atoms with Crippen LogP contribution in [0.3, 0.4) is 0 Å². The first-order chi connectivity index (χ1) is 13.0. The summed E-state index contributed by atoms with van der Waals surface area (Å²) in [5, 5.41) is 0. The van der Waals surface area contributed by atoms with Crippen LogP contribution >= 0.6 is 0 Å². The minimum Gasteiger partial charge on any atom is -0.434 e. The van der Waals surface area contributed by atoms with Crippen LogP contribution in [0, 0.1) is 17.8 Å². The Morgan fingerprint density at radius 3 is 2.33 bits per heavy atom. The van der Waals surface area contributed by atoms with Gasteiger partial charge in [0.25, 0.3) is 5.91 Å². The van der Waals surface area contributed by atoms with Gasteiger partial charge in [-0.15, -0.1) is 0 Å². The molecule has 2 aliphatic carbocycles. The second-order valence-corrected chi connectivity index (χ2v) is 7.77. The molecule has 0 unspecified atom stereocenters. The Morgan fingerprint density at radius 2 is 1.70 bits per heavy atom. The predicted molar refractivity (Wildman–Crippen MR) is 94.5 cm³/mol. The van der Waals surface area contributed by atoms with E-state index in [1.807, 2.05) is 4.90 Å². The van der Waals surface area contributed by atoms with E-state index >= 15 is 0 Å². The maximum Gasteiger partial charge on any atom is 0.387 e. The minimum atomic E-state index is -2.98. The number of halogens is 2. The highest BCUT2D eigenvalue weighted by atomic mass is 19.3. The first-order valence-electron chi connectivity index (χ1n) is 9.65. The van der Waals surface area contributed by atoms with Gasteiger partial charge < -0.3 is 14.5 Å². The van der Waals surface area contributed by atoms with Gasteiger partial charge in [0.2, 0.25) is 5.91 Å². The summed E-state index contributed by atoms with van der Waals surface area (Å²) in [4.78, 5) is 29.0. The molecule has 27 heavy (non-hydrogen) atoms. The Bertz CT molecular complexity index is 719. The molecule has 1 aliphatic heterocycles. The number of piperazine rings is 1. The Kier molecular flexibility index (Phi) is 5.02. The van der Waals surface area contributed by atoms with Gasteiger partial charge in [0, 0.05) is 32.1 Å². The fraction of sp³-hybridized carbons (Fsp3) is 0.600. The highest BCUT2D eigenvalue weighted by Crippen LogP contribution is 2.48. The van der Waals surface area contributed by atoms with E-state index in [1.165, 1.54) is 31.4 Å². The lowest BCUT2D eigenvalue weighted by atomic mass is 9.87. The molecule has 2 amide bonds. The largest absolute Gasteiger partial charge is 0.434 e. The average Bonchev–Trinajstić information content (AvgIpc) is 3.30. The third-order valence-electron chi connectivity index (χ3n) is 6.27. The molecule has 5 nitrogen and oxygen atoms in total. The van der Waals surface area contributed by atoms with Crippen molar-refractivity contribution in [3.63, 3.8) is 0 Å². The molecule has 0 radical (unpaired) electrons. The van der Waals surface area contributed by atoms with Gasteiger partial charge in [0.05, 0.1) is 5.56 Å². The second-order valence-electron chi connectivity index (χ2n) is 7.77. The molecule has 2 bridgehead atoms. The van der Waals surface area contributed by atoms with Crippen molar-refractivity contribution in [1.82, 2.24) is 9.80 Å². The van der Waals surface area contributed by atoms with Crippen LogP contribution in [0.1, 0.15) is 36.0 Å². The zero-order chi connectivity index (χ0) is 19.0. The normalized spacial score (nSPS) is 27.3. The van der Waals surface area contributed by atoms with Crippen LogP contribution in [0.2, 0.25) is 0 Å². The summed E-state index contributed by atoms with van der Waals surface area (Å²) >= 11 is 0. The van der Waals surface area contributed by atoms with E-state index in [-0.39, 0.29) is 29.0 Å². The van der Waals surface area contributed by atoms with Gasteiger partial charge in [-0.1, -0.05) is 18.6 Å². The topological polar surface area (TPSA) is 49.9 Å². The highest BCUT2D eigenvalue weighted by molar-refractivity contribution is 5.97. The van der Waals surface area contributed by atoms with Crippen LogP contribution in [-0.4, -0.2) is 54.4 Å². The number of fused-ring (bicyclic) bond motifs is 2. The Hall–Kier alpha value is -2.18. The number of hydrogen-bond donors (Lipinski definition) is 0. The van der Waals surface area contributed by atoms with E-state index in [0.717, 1.165) is 12.3 Å².